The van der Waals surface area contributed by atoms with Gasteiger partial charge in [-0.1, -0.05) is 37.5 Å². The number of carbonyl (C=O) groups is 1. The molecule has 2 rings (SSSR count). The fraction of sp³-hybridized carbons (Fsp3) is 0.500. The zero-order valence-electron chi connectivity index (χ0n) is 10.3. The zero-order valence-corrected chi connectivity index (χ0v) is 11.2. The minimum Gasteiger partial charge on any atom is -0.298 e. The van der Waals surface area contributed by atoms with Gasteiger partial charge in [0.05, 0.1) is 4.90 Å². The van der Waals surface area contributed by atoms with E-state index in [9.17, 15) is 13.2 Å². The normalized spacial score (nSPS) is 17.6. The molecular formula is C14H18O3S. The molecule has 0 heterocycles. The van der Waals surface area contributed by atoms with Crippen LogP contribution in [-0.2, 0) is 14.6 Å². The van der Waals surface area contributed by atoms with Crippen molar-refractivity contribution in [2.24, 2.45) is 5.92 Å². The molecule has 1 aromatic carbocycles. The summed E-state index contributed by atoms with van der Waals surface area (Å²) in [6.45, 7) is 0. The van der Waals surface area contributed by atoms with Gasteiger partial charge in [-0.3, -0.25) is 4.79 Å². The Hall–Kier alpha value is -1.16. The second-order valence-electron chi connectivity index (χ2n) is 4.87. The third kappa shape index (κ3) is 3.19. The molecule has 0 aliphatic heterocycles. The molecule has 1 aliphatic carbocycles. The lowest BCUT2D eigenvalue weighted by molar-refractivity contribution is -0.121. The molecule has 0 amide bonds. The molecule has 0 radical (unpaired) electrons. The molecule has 1 saturated carbocycles. The first-order chi connectivity index (χ1) is 8.59. The number of hydrogen-bond donors (Lipinski definition) is 0. The quantitative estimate of drug-likeness (QED) is 0.841. The standard InChI is InChI=1S/C14H18O3S/c15-14(12-7-3-1-4-8-12)11-18(16,17)13-9-5-2-6-10-13/h2,5-6,9-10,12H,1,3-4,7-8,11H2. The monoisotopic (exact) mass is 266 g/mol. The number of Topliss-reactive ketones (excluding diaryl/α,β-unsaturated/α-hetero) is 1. The first-order valence-electron chi connectivity index (χ1n) is 6.40. The molecule has 0 unspecified atom stereocenters. The van der Waals surface area contributed by atoms with Gasteiger partial charge in [-0.05, 0) is 25.0 Å². The maximum absolute atomic E-state index is 12.1. The van der Waals surface area contributed by atoms with Crippen molar-refractivity contribution in [2.45, 2.75) is 37.0 Å². The number of benzene rings is 1. The van der Waals surface area contributed by atoms with Crippen molar-refractivity contribution in [2.75, 3.05) is 5.75 Å². The van der Waals surface area contributed by atoms with Crippen LogP contribution >= 0.6 is 0 Å². The lowest BCUT2D eigenvalue weighted by Gasteiger charge is -2.20. The molecule has 4 heteroatoms. The molecule has 1 aromatic rings. The topological polar surface area (TPSA) is 51.2 Å². The van der Waals surface area contributed by atoms with E-state index in [-0.39, 0.29) is 22.3 Å². The van der Waals surface area contributed by atoms with Gasteiger partial charge in [0.1, 0.15) is 5.75 Å². The van der Waals surface area contributed by atoms with Crippen LogP contribution in [0.25, 0.3) is 0 Å². The second-order valence-corrected chi connectivity index (χ2v) is 6.86. The van der Waals surface area contributed by atoms with Crippen molar-refractivity contribution in [3.63, 3.8) is 0 Å². The Morgan fingerprint density at radius 1 is 1.06 bits per heavy atom. The summed E-state index contributed by atoms with van der Waals surface area (Å²) in [7, 11) is -3.46. The van der Waals surface area contributed by atoms with Crippen LogP contribution in [0.5, 0.6) is 0 Å². The largest absolute Gasteiger partial charge is 0.298 e. The minimum absolute atomic E-state index is 0.0442. The number of hydrogen-bond acceptors (Lipinski definition) is 3. The molecule has 1 aliphatic rings. The molecule has 1 fully saturated rings. The summed E-state index contributed by atoms with van der Waals surface area (Å²) in [5.41, 5.74) is 0. The number of ketones is 1. The average Bonchev–Trinajstić information content (AvgIpc) is 2.40. The van der Waals surface area contributed by atoms with Gasteiger partial charge in [0.15, 0.2) is 15.6 Å². The molecule has 98 valence electrons. The van der Waals surface area contributed by atoms with Gasteiger partial charge in [0.25, 0.3) is 0 Å². The predicted octanol–water partition coefficient (Wildman–Crippen LogP) is 2.61. The summed E-state index contributed by atoms with van der Waals surface area (Å²) in [6, 6.07) is 8.21. The Morgan fingerprint density at radius 3 is 2.28 bits per heavy atom. The van der Waals surface area contributed by atoms with Gasteiger partial charge in [-0.25, -0.2) is 8.42 Å². The van der Waals surface area contributed by atoms with E-state index in [0.29, 0.717) is 0 Å². The third-order valence-electron chi connectivity index (χ3n) is 3.50. The third-order valence-corrected chi connectivity index (χ3v) is 5.15. The van der Waals surface area contributed by atoms with E-state index in [1.165, 1.54) is 0 Å². The number of carbonyl (C=O) groups excluding carboxylic acids is 1. The Balaban J connectivity index is 2.06. The van der Waals surface area contributed by atoms with Crippen molar-refractivity contribution < 1.29 is 13.2 Å². The smallest absolute Gasteiger partial charge is 0.185 e. The molecule has 0 spiro atoms. The van der Waals surface area contributed by atoms with E-state index < -0.39 is 9.84 Å². The first-order valence-corrected chi connectivity index (χ1v) is 8.05. The Bertz CT molecular complexity index is 499. The van der Waals surface area contributed by atoms with Crippen molar-refractivity contribution in [1.29, 1.82) is 0 Å². The van der Waals surface area contributed by atoms with E-state index in [4.69, 9.17) is 0 Å². The molecule has 0 atom stereocenters. The lowest BCUT2D eigenvalue weighted by atomic mass is 9.87. The van der Waals surface area contributed by atoms with Gasteiger partial charge < -0.3 is 0 Å². The molecule has 0 aromatic heterocycles. The first kappa shape index (κ1) is 13.3. The van der Waals surface area contributed by atoms with Crippen molar-refractivity contribution in [1.82, 2.24) is 0 Å². The average molecular weight is 266 g/mol. The van der Waals surface area contributed by atoms with Gasteiger partial charge in [0.2, 0.25) is 0 Å². The molecule has 0 bridgehead atoms. The van der Waals surface area contributed by atoms with Crippen LogP contribution in [0.1, 0.15) is 32.1 Å². The van der Waals surface area contributed by atoms with E-state index in [2.05, 4.69) is 0 Å². The zero-order chi connectivity index (χ0) is 13.0. The fourth-order valence-corrected chi connectivity index (χ4v) is 3.79. The van der Waals surface area contributed by atoms with Gasteiger partial charge >= 0.3 is 0 Å². The highest BCUT2D eigenvalue weighted by molar-refractivity contribution is 7.92. The van der Waals surface area contributed by atoms with Crippen molar-refractivity contribution in [3.8, 4) is 0 Å². The summed E-state index contributed by atoms with van der Waals surface area (Å²) < 4.78 is 24.1. The van der Waals surface area contributed by atoms with E-state index in [1.54, 1.807) is 30.3 Å². The fourth-order valence-electron chi connectivity index (χ4n) is 2.44. The number of rotatable bonds is 4. The van der Waals surface area contributed by atoms with Crippen LogP contribution in [0.4, 0.5) is 0 Å². The molecule has 0 saturated heterocycles. The molecule has 18 heavy (non-hydrogen) atoms. The van der Waals surface area contributed by atoms with E-state index >= 15 is 0 Å². The van der Waals surface area contributed by atoms with Crippen LogP contribution in [0.15, 0.2) is 35.2 Å². The van der Waals surface area contributed by atoms with Crippen molar-refractivity contribution in [3.05, 3.63) is 30.3 Å². The van der Waals surface area contributed by atoms with Gasteiger partial charge in [0, 0.05) is 5.92 Å². The highest BCUT2D eigenvalue weighted by Crippen LogP contribution is 2.25. The van der Waals surface area contributed by atoms with Crippen LogP contribution < -0.4 is 0 Å². The summed E-state index contributed by atoms with van der Waals surface area (Å²) in [5.74, 6) is -0.502. The number of sulfone groups is 1. The van der Waals surface area contributed by atoms with E-state index in [0.717, 1.165) is 32.1 Å². The molecule has 0 N–H and O–H groups in total. The summed E-state index contributed by atoms with van der Waals surface area (Å²) in [6.07, 6.45) is 4.95. The predicted molar refractivity (Wildman–Crippen MR) is 70.1 cm³/mol. The van der Waals surface area contributed by atoms with Crippen molar-refractivity contribution >= 4 is 15.6 Å². The van der Waals surface area contributed by atoms with Crippen LogP contribution in [-0.4, -0.2) is 20.0 Å². The van der Waals surface area contributed by atoms with Gasteiger partial charge in [-0.2, -0.15) is 0 Å². The maximum Gasteiger partial charge on any atom is 0.185 e. The molecular weight excluding hydrogens is 248 g/mol. The lowest BCUT2D eigenvalue weighted by Crippen LogP contribution is -2.25. The highest BCUT2D eigenvalue weighted by atomic mass is 32.2. The Kier molecular flexibility index (Phi) is 4.17. The Labute approximate surface area is 108 Å². The van der Waals surface area contributed by atoms with Crippen LogP contribution in [0.2, 0.25) is 0 Å². The second kappa shape index (κ2) is 5.65. The highest BCUT2D eigenvalue weighted by Gasteiger charge is 2.26. The summed E-state index contributed by atoms with van der Waals surface area (Å²) in [4.78, 5) is 12.3. The Morgan fingerprint density at radius 2 is 1.67 bits per heavy atom. The minimum atomic E-state index is -3.46. The SMILES string of the molecule is O=C(CS(=O)(=O)c1ccccc1)C1CCCCC1. The summed E-state index contributed by atoms with van der Waals surface area (Å²) >= 11 is 0. The van der Waals surface area contributed by atoms with E-state index in [1.807, 2.05) is 0 Å². The van der Waals surface area contributed by atoms with Crippen LogP contribution in [0, 0.1) is 5.92 Å². The van der Waals surface area contributed by atoms with Gasteiger partial charge in [-0.15, -0.1) is 0 Å². The summed E-state index contributed by atoms with van der Waals surface area (Å²) in [5, 5.41) is 0. The van der Waals surface area contributed by atoms with Crippen LogP contribution in [0.3, 0.4) is 0 Å². The molecule has 3 nitrogen and oxygen atoms in total. The maximum atomic E-state index is 12.1.